The van der Waals surface area contributed by atoms with Crippen molar-refractivity contribution in [2.75, 3.05) is 0 Å². The molecule has 1 unspecified atom stereocenters. The maximum absolute atomic E-state index is 11.3. The van der Waals surface area contributed by atoms with Crippen LogP contribution in [0.15, 0.2) is 42.5 Å². The van der Waals surface area contributed by atoms with Crippen LogP contribution in [0.2, 0.25) is 0 Å². The molecule has 0 aliphatic heterocycles. The lowest BCUT2D eigenvalue weighted by Gasteiger charge is -2.15. The Labute approximate surface area is 89.8 Å². The van der Waals surface area contributed by atoms with E-state index in [4.69, 9.17) is 4.74 Å². The molecule has 1 aromatic rings. The van der Waals surface area contributed by atoms with E-state index in [2.05, 4.69) is 11.9 Å². The molecule has 1 atom stereocenters. The first-order valence-electron chi connectivity index (χ1n) is 4.77. The number of benzene rings is 1. The molecule has 1 N–H and O–H groups in total. The predicted molar refractivity (Wildman–Crippen MR) is 59.5 cm³/mol. The Hall–Kier alpha value is -1.77. The van der Waals surface area contributed by atoms with Crippen LogP contribution < -0.4 is 10.1 Å². The number of hydrogen-bond donors (Lipinski definition) is 1. The number of nitrogens with one attached hydrogen (secondary N) is 1. The zero-order valence-electron chi connectivity index (χ0n) is 8.99. The highest BCUT2D eigenvalue weighted by molar-refractivity contribution is 5.92. The van der Waals surface area contributed by atoms with Crippen LogP contribution in [0.25, 0.3) is 0 Å². The Balaban J connectivity index is 2.46. The molecular weight excluding hydrogens is 190 g/mol. The smallest absolute Gasteiger partial charge is 0.249 e. The second-order valence-corrected chi connectivity index (χ2v) is 3.33. The Bertz CT molecular complexity index is 346. The minimum Gasteiger partial charge on any atom is -0.471 e. The van der Waals surface area contributed by atoms with Crippen molar-refractivity contribution in [2.24, 2.45) is 0 Å². The molecule has 80 valence electrons. The molecule has 1 rings (SSSR count). The van der Waals surface area contributed by atoms with Gasteiger partial charge in [0, 0.05) is 5.57 Å². The van der Waals surface area contributed by atoms with Gasteiger partial charge in [-0.25, -0.2) is 0 Å². The molecule has 1 amide bonds. The Morgan fingerprint density at radius 1 is 1.40 bits per heavy atom. The van der Waals surface area contributed by atoms with Gasteiger partial charge in [0.25, 0.3) is 0 Å². The molecule has 0 saturated heterocycles. The van der Waals surface area contributed by atoms with Crippen LogP contribution in [0, 0.1) is 0 Å². The summed E-state index contributed by atoms with van der Waals surface area (Å²) in [4.78, 5) is 11.3. The van der Waals surface area contributed by atoms with Crippen molar-refractivity contribution < 1.29 is 9.53 Å². The third kappa shape index (κ3) is 3.85. The second-order valence-electron chi connectivity index (χ2n) is 3.33. The van der Waals surface area contributed by atoms with Gasteiger partial charge in [0.05, 0.1) is 0 Å². The van der Waals surface area contributed by atoms with Crippen molar-refractivity contribution in [1.82, 2.24) is 5.32 Å². The highest BCUT2D eigenvalue weighted by Gasteiger charge is 2.08. The van der Waals surface area contributed by atoms with Crippen LogP contribution in [0.3, 0.4) is 0 Å². The fourth-order valence-electron chi connectivity index (χ4n) is 1.04. The van der Waals surface area contributed by atoms with Crippen molar-refractivity contribution in [1.29, 1.82) is 0 Å². The summed E-state index contributed by atoms with van der Waals surface area (Å²) >= 11 is 0. The monoisotopic (exact) mass is 205 g/mol. The topological polar surface area (TPSA) is 38.3 Å². The quantitative estimate of drug-likeness (QED) is 0.604. The van der Waals surface area contributed by atoms with Crippen LogP contribution in [0.1, 0.15) is 13.8 Å². The number of hydrogen-bond acceptors (Lipinski definition) is 2. The molecule has 3 nitrogen and oxygen atoms in total. The van der Waals surface area contributed by atoms with Gasteiger partial charge in [-0.15, -0.1) is 0 Å². The highest BCUT2D eigenvalue weighted by atomic mass is 16.5. The van der Waals surface area contributed by atoms with Crippen molar-refractivity contribution in [3.63, 3.8) is 0 Å². The van der Waals surface area contributed by atoms with Gasteiger partial charge in [-0.1, -0.05) is 24.8 Å². The van der Waals surface area contributed by atoms with E-state index < -0.39 is 0 Å². The second kappa shape index (κ2) is 5.20. The molecule has 0 aliphatic rings. The molecule has 0 bridgehead atoms. The Morgan fingerprint density at radius 2 is 2.00 bits per heavy atom. The lowest BCUT2D eigenvalue weighted by molar-refractivity contribution is -0.119. The molecule has 1 aromatic carbocycles. The van der Waals surface area contributed by atoms with Gasteiger partial charge in [0.1, 0.15) is 5.75 Å². The van der Waals surface area contributed by atoms with Crippen LogP contribution >= 0.6 is 0 Å². The van der Waals surface area contributed by atoms with E-state index in [0.717, 1.165) is 5.75 Å². The van der Waals surface area contributed by atoms with E-state index in [9.17, 15) is 4.79 Å². The standard InChI is InChI=1S/C12H15NO2/c1-9(2)12(14)13-10(3)15-11-7-5-4-6-8-11/h4-8,10H,1H2,2-3H3,(H,13,14). The minimum atomic E-state index is -0.364. The molecule has 0 radical (unpaired) electrons. The summed E-state index contributed by atoms with van der Waals surface area (Å²) in [6, 6.07) is 9.34. The molecule has 0 aromatic heterocycles. The van der Waals surface area contributed by atoms with E-state index in [0.29, 0.717) is 5.57 Å². The number of amides is 1. The Morgan fingerprint density at radius 3 is 2.53 bits per heavy atom. The summed E-state index contributed by atoms with van der Waals surface area (Å²) < 4.78 is 5.46. The van der Waals surface area contributed by atoms with Crippen LogP contribution in [0.4, 0.5) is 0 Å². The van der Waals surface area contributed by atoms with E-state index in [-0.39, 0.29) is 12.1 Å². The molecule has 0 heterocycles. The van der Waals surface area contributed by atoms with E-state index in [1.807, 2.05) is 30.3 Å². The first-order chi connectivity index (χ1) is 7.09. The number of rotatable bonds is 4. The van der Waals surface area contributed by atoms with Crippen molar-refractivity contribution in [3.05, 3.63) is 42.5 Å². The summed E-state index contributed by atoms with van der Waals surface area (Å²) in [6.07, 6.45) is -0.364. The lowest BCUT2D eigenvalue weighted by atomic mass is 10.3. The summed E-state index contributed by atoms with van der Waals surface area (Å²) in [5.74, 6) is 0.533. The number of carbonyl (C=O) groups is 1. The number of para-hydroxylation sites is 1. The minimum absolute atomic E-state index is 0.196. The van der Waals surface area contributed by atoms with Gasteiger partial charge in [-0.3, -0.25) is 4.79 Å². The number of carbonyl (C=O) groups excluding carboxylic acids is 1. The SMILES string of the molecule is C=C(C)C(=O)NC(C)Oc1ccccc1. The van der Waals surface area contributed by atoms with Crippen LogP contribution in [-0.2, 0) is 4.79 Å². The third-order valence-electron chi connectivity index (χ3n) is 1.78. The fourth-order valence-corrected chi connectivity index (χ4v) is 1.04. The van der Waals surface area contributed by atoms with Gasteiger partial charge in [0.2, 0.25) is 5.91 Å². The average Bonchev–Trinajstić information content (AvgIpc) is 2.18. The maximum Gasteiger partial charge on any atom is 0.249 e. The first-order valence-corrected chi connectivity index (χ1v) is 4.77. The molecule has 0 fully saturated rings. The fraction of sp³-hybridized carbons (Fsp3) is 0.250. The highest BCUT2D eigenvalue weighted by Crippen LogP contribution is 2.09. The van der Waals surface area contributed by atoms with Gasteiger partial charge in [-0.2, -0.15) is 0 Å². The molecule has 3 heteroatoms. The first kappa shape index (κ1) is 11.3. The van der Waals surface area contributed by atoms with E-state index in [1.165, 1.54) is 0 Å². The van der Waals surface area contributed by atoms with Gasteiger partial charge >= 0.3 is 0 Å². The average molecular weight is 205 g/mol. The van der Waals surface area contributed by atoms with Gasteiger partial charge < -0.3 is 10.1 Å². The van der Waals surface area contributed by atoms with Crippen LogP contribution in [-0.4, -0.2) is 12.1 Å². The lowest BCUT2D eigenvalue weighted by Crippen LogP contribution is -2.36. The Kier molecular flexibility index (Phi) is 3.92. The maximum atomic E-state index is 11.3. The van der Waals surface area contributed by atoms with Crippen molar-refractivity contribution >= 4 is 5.91 Å². The number of ether oxygens (including phenoxy) is 1. The summed E-state index contributed by atoms with van der Waals surface area (Å²) in [6.45, 7) is 6.98. The summed E-state index contributed by atoms with van der Waals surface area (Å²) in [5.41, 5.74) is 0.471. The van der Waals surface area contributed by atoms with Crippen molar-refractivity contribution in [2.45, 2.75) is 20.1 Å². The normalized spacial score (nSPS) is 11.6. The predicted octanol–water partition coefficient (Wildman–Crippen LogP) is 2.10. The molecule has 0 spiro atoms. The van der Waals surface area contributed by atoms with E-state index in [1.54, 1.807) is 13.8 Å². The zero-order chi connectivity index (χ0) is 11.3. The largest absolute Gasteiger partial charge is 0.471 e. The summed E-state index contributed by atoms with van der Waals surface area (Å²) in [5, 5.41) is 2.67. The summed E-state index contributed by atoms with van der Waals surface area (Å²) in [7, 11) is 0. The van der Waals surface area contributed by atoms with E-state index >= 15 is 0 Å². The van der Waals surface area contributed by atoms with Gasteiger partial charge in [0.15, 0.2) is 6.23 Å². The molecular formula is C12H15NO2. The molecule has 0 aliphatic carbocycles. The molecule has 15 heavy (non-hydrogen) atoms. The van der Waals surface area contributed by atoms with Crippen molar-refractivity contribution in [3.8, 4) is 5.75 Å². The zero-order valence-corrected chi connectivity index (χ0v) is 8.99. The molecule has 0 saturated carbocycles. The van der Waals surface area contributed by atoms with Gasteiger partial charge in [-0.05, 0) is 26.0 Å². The van der Waals surface area contributed by atoms with Crippen LogP contribution in [0.5, 0.6) is 5.75 Å². The third-order valence-corrected chi connectivity index (χ3v) is 1.78.